The molecular weight excluding hydrogens is 329 g/mol. The standard InChI is InChI=1S/C21H30FN3O/c1-4-7-17(15-8-6-12-24(3)13-11-15)20-23-19-10-9-16(22)14-18(19)21(26)25(20)5-2/h9-10,14-15,17H,4-8,11-13H2,1-3H3. The molecule has 26 heavy (non-hydrogen) atoms. The average molecular weight is 359 g/mol. The molecule has 1 aliphatic heterocycles. The summed E-state index contributed by atoms with van der Waals surface area (Å²) >= 11 is 0. The van der Waals surface area contributed by atoms with Crippen LogP contribution in [-0.4, -0.2) is 34.6 Å². The first-order valence-corrected chi connectivity index (χ1v) is 9.93. The van der Waals surface area contributed by atoms with Crippen molar-refractivity contribution in [1.29, 1.82) is 0 Å². The lowest BCUT2D eigenvalue weighted by Crippen LogP contribution is -2.29. The quantitative estimate of drug-likeness (QED) is 0.804. The van der Waals surface area contributed by atoms with E-state index >= 15 is 0 Å². The Morgan fingerprint density at radius 1 is 1.27 bits per heavy atom. The fraction of sp³-hybridized carbons (Fsp3) is 0.619. The lowest BCUT2D eigenvalue weighted by atomic mass is 9.82. The maximum absolute atomic E-state index is 13.6. The summed E-state index contributed by atoms with van der Waals surface area (Å²) in [4.78, 5) is 20.3. The van der Waals surface area contributed by atoms with E-state index in [1.807, 2.05) is 6.92 Å². The highest BCUT2D eigenvalue weighted by atomic mass is 19.1. The third-order valence-corrected chi connectivity index (χ3v) is 5.76. The van der Waals surface area contributed by atoms with Crippen molar-refractivity contribution in [2.24, 2.45) is 5.92 Å². The van der Waals surface area contributed by atoms with Crippen LogP contribution in [0.1, 0.15) is 57.7 Å². The van der Waals surface area contributed by atoms with Gasteiger partial charge in [0.1, 0.15) is 11.6 Å². The minimum atomic E-state index is -0.385. The van der Waals surface area contributed by atoms with Gasteiger partial charge in [0.15, 0.2) is 0 Å². The number of nitrogens with zero attached hydrogens (tertiary/aromatic N) is 3. The van der Waals surface area contributed by atoms with Crippen molar-refractivity contribution in [3.63, 3.8) is 0 Å². The third kappa shape index (κ3) is 3.83. The van der Waals surface area contributed by atoms with Gasteiger partial charge in [0.25, 0.3) is 5.56 Å². The minimum absolute atomic E-state index is 0.112. The van der Waals surface area contributed by atoms with Crippen LogP contribution in [0.3, 0.4) is 0 Å². The van der Waals surface area contributed by atoms with E-state index in [-0.39, 0.29) is 17.3 Å². The third-order valence-electron chi connectivity index (χ3n) is 5.76. The van der Waals surface area contributed by atoms with Crippen LogP contribution >= 0.6 is 0 Å². The number of hydrogen-bond acceptors (Lipinski definition) is 3. The summed E-state index contributed by atoms with van der Waals surface area (Å²) in [7, 11) is 2.18. The van der Waals surface area contributed by atoms with E-state index in [0.29, 0.717) is 23.4 Å². The molecule has 2 atom stereocenters. The van der Waals surface area contributed by atoms with E-state index < -0.39 is 0 Å². The highest BCUT2D eigenvalue weighted by Gasteiger charge is 2.28. The van der Waals surface area contributed by atoms with Crippen LogP contribution in [0.5, 0.6) is 0 Å². The summed E-state index contributed by atoms with van der Waals surface area (Å²) in [6.07, 6.45) is 5.61. The van der Waals surface area contributed by atoms with Crippen LogP contribution in [0.25, 0.3) is 10.9 Å². The molecule has 1 aliphatic rings. The van der Waals surface area contributed by atoms with Gasteiger partial charge in [-0.2, -0.15) is 0 Å². The first-order valence-electron chi connectivity index (χ1n) is 9.93. The Morgan fingerprint density at radius 2 is 2.08 bits per heavy atom. The Kier molecular flexibility index (Phi) is 6.07. The van der Waals surface area contributed by atoms with Gasteiger partial charge < -0.3 is 4.90 Å². The summed E-state index contributed by atoms with van der Waals surface area (Å²) in [5.41, 5.74) is 0.502. The maximum Gasteiger partial charge on any atom is 0.261 e. The smallest absolute Gasteiger partial charge is 0.261 e. The molecule has 3 rings (SSSR count). The molecule has 1 aromatic heterocycles. The van der Waals surface area contributed by atoms with Crippen LogP contribution in [-0.2, 0) is 6.54 Å². The summed E-state index contributed by atoms with van der Waals surface area (Å²) in [5.74, 6) is 1.34. The molecule has 1 fully saturated rings. The zero-order valence-electron chi connectivity index (χ0n) is 16.2. The number of likely N-dealkylation sites (tertiary alicyclic amines) is 1. The summed E-state index contributed by atoms with van der Waals surface area (Å²) in [6, 6.07) is 4.35. The molecule has 4 nitrogen and oxygen atoms in total. The predicted octanol–water partition coefficient (Wildman–Crippen LogP) is 4.17. The van der Waals surface area contributed by atoms with Crippen molar-refractivity contribution in [2.75, 3.05) is 20.1 Å². The highest BCUT2D eigenvalue weighted by molar-refractivity contribution is 5.77. The van der Waals surface area contributed by atoms with Gasteiger partial charge in [-0.25, -0.2) is 9.37 Å². The van der Waals surface area contributed by atoms with Gasteiger partial charge in [-0.3, -0.25) is 9.36 Å². The number of benzene rings is 1. The van der Waals surface area contributed by atoms with Crippen molar-refractivity contribution < 1.29 is 4.39 Å². The van der Waals surface area contributed by atoms with E-state index in [4.69, 9.17) is 4.98 Å². The van der Waals surface area contributed by atoms with Crippen molar-refractivity contribution in [1.82, 2.24) is 14.5 Å². The molecule has 0 N–H and O–H groups in total. The Balaban J connectivity index is 2.09. The maximum atomic E-state index is 13.6. The monoisotopic (exact) mass is 359 g/mol. The van der Waals surface area contributed by atoms with Crippen LogP contribution in [0.2, 0.25) is 0 Å². The van der Waals surface area contributed by atoms with Gasteiger partial charge in [-0.05, 0) is 76.9 Å². The van der Waals surface area contributed by atoms with E-state index in [1.165, 1.54) is 25.0 Å². The second-order valence-corrected chi connectivity index (χ2v) is 7.57. The Labute approximate surface area is 155 Å². The van der Waals surface area contributed by atoms with E-state index in [0.717, 1.165) is 38.2 Å². The molecule has 2 heterocycles. The van der Waals surface area contributed by atoms with Gasteiger partial charge in [-0.15, -0.1) is 0 Å². The fourth-order valence-electron chi connectivity index (χ4n) is 4.35. The second kappa shape index (κ2) is 8.30. The largest absolute Gasteiger partial charge is 0.306 e. The highest BCUT2D eigenvalue weighted by Crippen LogP contribution is 2.35. The molecule has 2 unspecified atom stereocenters. The van der Waals surface area contributed by atoms with Crippen molar-refractivity contribution >= 4 is 10.9 Å². The van der Waals surface area contributed by atoms with Gasteiger partial charge in [0, 0.05) is 12.5 Å². The molecule has 0 radical (unpaired) electrons. The summed E-state index contributed by atoms with van der Waals surface area (Å²) < 4.78 is 15.4. The molecule has 0 aliphatic carbocycles. The van der Waals surface area contributed by atoms with Crippen molar-refractivity contribution in [2.45, 2.75) is 58.4 Å². The molecule has 1 saturated heterocycles. The topological polar surface area (TPSA) is 38.1 Å². The van der Waals surface area contributed by atoms with Crippen LogP contribution in [0, 0.1) is 11.7 Å². The van der Waals surface area contributed by atoms with Gasteiger partial charge >= 0.3 is 0 Å². The first kappa shape index (κ1) is 19.0. The number of fused-ring (bicyclic) bond motifs is 1. The predicted molar refractivity (Wildman–Crippen MR) is 104 cm³/mol. The summed E-state index contributed by atoms with van der Waals surface area (Å²) in [5, 5.41) is 0.381. The minimum Gasteiger partial charge on any atom is -0.306 e. The Bertz CT molecular complexity index is 817. The first-order chi connectivity index (χ1) is 12.5. The molecule has 0 saturated carbocycles. The van der Waals surface area contributed by atoms with Crippen molar-refractivity contribution in [3.8, 4) is 0 Å². The molecule has 2 aromatic rings. The van der Waals surface area contributed by atoms with Gasteiger partial charge in [-0.1, -0.05) is 13.3 Å². The molecular formula is C21H30FN3O. The molecule has 0 bridgehead atoms. The zero-order chi connectivity index (χ0) is 18.7. The fourth-order valence-corrected chi connectivity index (χ4v) is 4.35. The Morgan fingerprint density at radius 3 is 2.81 bits per heavy atom. The normalized spacial score (nSPS) is 20.2. The van der Waals surface area contributed by atoms with Crippen LogP contribution < -0.4 is 5.56 Å². The molecule has 1 aromatic carbocycles. The number of rotatable bonds is 5. The SMILES string of the molecule is CCCC(c1nc2ccc(F)cc2c(=O)n1CC)C1CCCN(C)CC1. The number of aromatic nitrogens is 2. The van der Waals surface area contributed by atoms with Crippen LogP contribution in [0.4, 0.5) is 4.39 Å². The summed E-state index contributed by atoms with van der Waals surface area (Å²) in [6.45, 7) is 6.98. The molecule has 5 heteroatoms. The Hall–Kier alpha value is -1.75. The van der Waals surface area contributed by atoms with E-state index in [9.17, 15) is 9.18 Å². The van der Waals surface area contributed by atoms with E-state index in [1.54, 1.807) is 10.6 Å². The molecule has 0 spiro atoms. The average Bonchev–Trinajstić information content (AvgIpc) is 2.85. The number of halogens is 1. The lowest BCUT2D eigenvalue weighted by Gasteiger charge is -2.28. The molecule has 142 valence electrons. The molecule has 0 amide bonds. The number of hydrogen-bond donors (Lipinski definition) is 0. The van der Waals surface area contributed by atoms with E-state index in [2.05, 4.69) is 18.9 Å². The van der Waals surface area contributed by atoms with Crippen molar-refractivity contribution in [3.05, 3.63) is 40.2 Å². The lowest BCUT2D eigenvalue weighted by molar-refractivity contribution is 0.313. The zero-order valence-corrected chi connectivity index (χ0v) is 16.2. The second-order valence-electron chi connectivity index (χ2n) is 7.57. The van der Waals surface area contributed by atoms with Gasteiger partial charge in [0.2, 0.25) is 0 Å². The van der Waals surface area contributed by atoms with Crippen LogP contribution in [0.15, 0.2) is 23.0 Å². The van der Waals surface area contributed by atoms with Gasteiger partial charge in [0.05, 0.1) is 10.9 Å².